The van der Waals surface area contributed by atoms with Crippen molar-refractivity contribution >= 4 is 29.0 Å². The number of carbonyl (C=O) groups excluding carboxylic acids is 1. The molecule has 6 heteroatoms. The summed E-state index contributed by atoms with van der Waals surface area (Å²) < 4.78 is 0. The minimum absolute atomic E-state index is 0.121. The van der Waals surface area contributed by atoms with Crippen molar-refractivity contribution in [2.24, 2.45) is 0 Å². The molecule has 3 rings (SSSR count). The molecule has 0 spiro atoms. The number of carboxylic acid groups (broad SMARTS) is 1. The summed E-state index contributed by atoms with van der Waals surface area (Å²) in [6, 6.07) is 1.77. The number of fused-ring (bicyclic) bond motifs is 1. The zero-order chi connectivity index (χ0) is 14.8. The standard InChI is InChI=1S/C15H15N3O3/c19-8-10-7-17-14-12(4-5-16-14)13(10)9-2-1-3-11(6-9)18-15(20)21/h2,4-5,7-8,11,18H,1,3,6H2,(H,16,17)(H,20,21). The zero-order valence-corrected chi connectivity index (χ0v) is 11.3. The molecule has 0 radical (unpaired) electrons. The Morgan fingerprint density at radius 1 is 1.52 bits per heavy atom. The van der Waals surface area contributed by atoms with Gasteiger partial charge >= 0.3 is 6.09 Å². The number of aldehydes is 1. The second-order valence-electron chi connectivity index (χ2n) is 5.10. The van der Waals surface area contributed by atoms with Crippen LogP contribution in [0.3, 0.4) is 0 Å². The number of aromatic nitrogens is 2. The van der Waals surface area contributed by atoms with Crippen LogP contribution in [-0.2, 0) is 0 Å². The first-order chi connectivity index (χ1) is 10.2. The summed E-state index contributed by atoms with van der Waals surface area (Å²) in [6.45, 7) is 0. The number of nitrogens with zero attached hydrogens (tertiary/aromatic N) is 1. The molecule has 1 aliphatic rings. The van der Waals surface area contributed by atoms with Gasteiger partial charge in [-0.2, -0.15) is 0 Å². The number of H-pyrrole nitrogens is 1. The molecule has 2 heterocycles. The molecule has 0 bridgehead atoms. The van der Waals surface area contributed by atoms with Gasteiger partial charge in [-0.3, -0.25) is 4.79 Å². The maximum atomic E-state index is 11.3. The summed E-state index contributed by atoms with van der Waals surface area (Å²) in [5.41, 5.74) is 3.11. The highest BCUT2D eigenvalue weighted by atomic mass is 16.4. The van der Waals surface area contributed by atoms with E-state index in [-0.39, 0.29) is 6.04 Å². The summed E-state index contributed by atoms with van der Waals surface area (Å²) in [5, 5.41) is 12.3. The van der Waals surface area contributed by atoms with Crippen LogP contribution in [0.25, 0.3) is 16.6 Å². The van der Waals surface area contributed by atoms with Crippen LogP contribution < -0.4 is 5.32 Å². The molecule has 1 aliphatic carbocycles. The van der Waals surface area contributed by atoms with Crippen molar-refractivity contribution in [2.45, 2.75) is 25.3 Å². The largest absolute Gasteiger partial charge is 0.465 e. The SMILES string of the molecule is O=Cc1cnc2[nH]ccc2c1C1=CCCC(NC(=O)O)C1. The molecular weight excluding hydrogens is 270 g/mol. The highest BCUT2D eigenvalue weighted by Gasteiger charge is 2.21. The summed E-state index contributed by atoms with van der Waals surface area (Å²) in [4.78, 5) is 29.4. The van der Waals surface area contributed by atoms with Crippen molar-refractivity contribution in [3.63, 3.8) is 0 Å². The summed E-state index contributed by atoms with van der Waals surface area (Å²) in [7, 11) is 0. The molecule has 1 amide bonds. The number of amides is 1. The third kappa shape index (κ3) is 2.52. The molecule has 108 valence electrons. The number of allylic oxidation sites excluding steroid dienone is 1. The lowest BCUT2D eigenvalue weighted by atomic mass is 9.87. The van der Waals surface area contributed by atoms with Gasteiger partial charge in [-0.25, -0.2) is 9.78 Å². The van der Waals surface area contributed by atoms with Crippen molar-refractivity contribution in [3.8, 4) is 0 Å². The maximum absolute atomic E-state index is 11.3. The highest BCUT2D eigenvalue weighted by molar-refractivity contribution is 5.98. The number of carbonyl (C=O) groups is 2. The number of rotatable bonds is 3. The lowest BCUT2D eigenvalue weighted by Gasteiger charge is -2.23. The quantitative estimate of drug-likeness (QED) is 0.755. The van der Waals surface area contributed by atoms with E-state index in [0.717, 1.165) is 41.3 Å². The Morgan fingerprint density at radius 2 is 2.38 bits per heavy atom. The summed E-state index contributed by atoms with van der Waals surface area (Å²) >= 11 is 0. The van der Waals surface area contributed by atoms with Gasteiger partial charge in [0.1, 0.15) is 5.65 Å². The van der Waals surface area contributed by atoms with Gasteiger partial charge in [0.25, 0.3) is 0 Å². The number of nitrogens with one attached hydrogen (secondary N) is 2. The van der Waals surface area contributed by atoms with E-state index in [2.05, 4.69) is 21.4 Å². The third-order valence-corrected chi connectivity index (χ3v) is 3.76. The van der Waals surface area contributed by atoms with Gasteiger partial charge in [0.05, 0.1) is 0 Å². The van der Waals surface area contributed by atoms with E-state index >= 15 is 0 Å². The fraction of sp³-hybridized carbons (Fsp3) is 0.267. The van der Waals surface area contributed by atoms with Crippen molar-refractivity contribution < 1.29 is 14.7 Å². The molecule has 0 aliphatic heterocycles. The van der Waals surface area contributed by atoms with Gasteiger partial charge in [0, 0.05) is 34.9 Å². The second kappa shape index (κ2) is 5.40. The van der Waals surface area contributed by atoms with Crippen LogP contribution in [0.1, 0.15) is 35.2 Å². The molecule has 0 fully saturated rings. The first-order valence-electron chi connectivity index (χ1n) is 6.79. The maximum Gasteiger partial charge on any atom is 0.404 e. The molecule has 2 aromatic heterocycles. The van der Waals surface area contributed by atoms with E-state index in [1.54, 1.807) is 12.4 Å². The Balaban J connectivity index is 2.03. The average molecular weight is 285 g/mol. The normalized spacial score (nSPS) is 18.3. The second-order valence-corrected chi connectivity index (χ2v) is 5.10. The van der Waals surface area contributed by atoms with Crippen LogP contribution >= 0.6 is 0 Å². The minimum Gasteiger partial charge on any atom is -0.465 e. The Bertz CT molecular complexity index is 733. The average Bonchev–Trinajstić information content (AvgIpc) is 2.94. The molecule has 6 nitrogen and oxygen atoms in total. The van der Waals surface area contributed by atoms with E-state index in [1.165, 1.54) is 0 Å². The number of pyridine rings is 1. The van der Waals surface area contributed by atoms with E-state index in [1.807, 2.05) is 6.07 Å². The first kappa shape index (κ1) is 13.4. The molecule has 0 aromatic carbocycles. The Labute approximate surface area is 120 Å². The van der Waals surface area contributed by atoms with Crippen molar-refractivity contribution in [1.29, 1.82) is 0 Å². The fourth-order valence-electron chi connectivity index (χ4n) is 2.88. The molecule has 0 saturated heterocycles. The monoisotopic (exact) mass is 285 g/mol. The van der Waals surface area contributed by atoms with Gasteiger partial charge < -0.3 is 15.4 Å². The van der Waals surface area contributed by atoms with Crippen molar-refractivity contribution in [1.82, 2.24) is 15.3 Å². The molecule has 1 unspecified atom stereocenters. The number of aromatic amines is 1. The predicted octanol–water partition coefficient (Wildman–Crippen LogP) is 2.58. The fourth-order valence-corrected chi connectivity index (χ4v) is 2.88. The van der Waals surface area contributed by atoms with Crippen LogP contribution in [0.5, 0.6) is 0 Å². The first-order valence-corrected chi connectivity index (χ1v) is 6.79. The molecular formula is C15H15N3O3. The molecule has 0 saturated carbocycles. The Hall–Kier alpha value is -2.63. The van der Waals surface area contributed by atoms with Gasteiger partial charge in [-0.05, 0) is 30.9 Å². The third-order valence-electron chi connectivity index (χ3n) is 3.76. The van der Waals surface area contributed by atoms with E-state index in [9.17, 15) is 9.59 Å². The molecule has 1 atom stereocenters. The predicted molar refractivity (Wildman–Crippen MR) is 78.3 cm³/mol. The zero-order valence-electron chi connectivity index (χ0n) is 11.3. The van der Waals surface area contributed by atoms with E-state index in [0.29, 0.717) is 12.0 Å². The smallest absolute Gasteiger partial charge is 0.404 e. The minimum atomic E-state index is -1.02. The van der Waals surface area contributed by atoms with Gasteiger partial charge in [-0.15, -0.1) is 0 Å². The van der Waals surface area contributed by atoms with Crippen molar-refractivity contribution in [2.75, 3.05) is 0 Å². The van der Waals surface area contributed by atoms with Crippen molar-refractivity contribution in [3.05, 3.63) is 35.7 Å². The Morgan fingerprint density at radius 3 is 3.14 bits per heavy atom. The molecule has 3 N–H and O–H groups in total. The van der Waals surface area contributed by atoms with Gasteiger partial charge in [0.2, 0.25) is 0 Å². The lowest BCUT2D eigenvalue weighted by Crippen LogP contribution is -2.34. The van der Waals surface area contributed by atoms with Gasteiger partial charge in [-0.1, -0.05) is 6.08 Å². The summed E-state index contributed by atoms with van der Waals surface area (Å²) in [6.07, 6.45) is 7.33. The summed E-state index contributed by atoms with van der Waals surface area (Å²) in [5.74, 6) is 0. The van der Waals surface area contributed by atoms with Crippen LogP contribution in [0.15, 0.2) is 24.5 Å². The topological polar surface area (TPSA) is 95.1 Å². The van der Waals surface area contributed by atoms with Crippen LogP contribution in [-0.4, -0.2) is 33.5 Å². The van der Waals surface area contributed by atoms with E-state index in [4.69, 9.17) is 5.11 Å². The number of hydrogen-bond donors (Lipinski definition) is 3. The van der Waals surface area contributed by atoms with Crippen LogP contribution in [0.2, 0.25) is 0 Å². The van der Waals surface area contributed by atoms with Gasteiger partial charge in [0.15, 0.2) is 6.29 Å². The molecule has 2 aromatic rings. The lowest BCUT2D eigenvalue weighted by molar-refractivity contribution is 0.112. The van der Waals surface area contributed by atoms with Crippen LogP contribution in [0.4, 0.5) is 4.79 Å². The Kier molecular flexibility index (Phi) is 3.43. The van der Waals surface area contributed by atoms with E-state index < -0.39 is 6.09 Å². The highest BCUT2D eigenvalue weighted by Crippen LogP contribution is 2.33. The molecule has 21 heavy (non-hydrogen) atoms. The van der Waals surface area contributed by atoms with Crippen LogP contribution in [0, 0.1) is 0 Å². The number of hydrogen-bond acceptors (Lipinski definition) is 3.